The summed E-state index contributed by atoms with van der Waals surface area (Å²) >= 11 is 0. The van der Waals surface area contributed by atoms with Gasteiger partial charge in [-0.05, 0) is 25.5 Å². The molecule has 1 N–H and O–H groups in total. The van der Waals surface area contributed by atoms with Crippen LogP contribution < -0.4 is 10.1 Å². The van der Waals surface area contributed by atoms with Crippen molar-refractivity contribution in [3.05, 3.63) is 29.8 Å². The number of rotatable bonds is 5. The fourth-order valence-corrected chi connectivity index (χ4v) is 2.49. The number of para-hydroxylation sites is 1. The van der Waals surface area contributed by atoms with E-state index in [4.69, 9.17) is 4.74 Å². The number of carbonyl (C=O) groups excluding carboxylic acids is 1. The standard InChI is InChI=1S/C15H22N2O2/c1-17(11-13-7-5-9-16-13)15(18)10-12-6-3-4-8-14(12)19-2/h3-4,6,8,13,16H,5,7,9-11H2,1-2H3. The summed E-state index contributed by atoms with van der Waals surface area (Å²) in [4.78, 5) is 14.0. The molecule has 104 valence electrons. The Balaban J connectivity index is 1.92. The van der Waals surface area contributed by atoms with E-state index < -0.39 is 0 Å². The zero-order valence-corrected chi connectivity index (χ0v) is 11.7. The van der Waals surface area contributed by atoms with E-state index in [1.807, 2.05) is 36.2 Å². The number of benzene rings is 1. The smallest absolute Gasteiger partial charge is 0.226 e. The Morgan fingerprint density at radius 2 is 2.26 bits per heavy atom. The number of hydrogen-bond donors (Lipinski definition) is 1. The highest BCUT2D eigenvalue weighted by Gasteiger charge is 2.19. The maximum absolute atomic E-state index is 12.2. The summed E-state index contributed by atoms with van der Waals surface area (Å²) in [6, 6.07) is 8.13. The van der Waals surface area contributed by atoms with Crippen LogP contribution in [0.4, 0.5) is 0 Å². The number of carbonyl (C=O) groups is 1. The van der Waals surface area contributed by atoms with Crippen molar-refractivity contribution in [2.24, 2.45) is 0 Å². The number of hydrogen-bond acceptors (Lipinski definition) is 3. The van der Waals surface area contributed by atoms with Crippen molar-refractivity contribution >= 4 is 5.91 Å². The van der Waals surface area contributed by atoms with Crippen molar-refractivity contribution in [3.8, 4) is 5.75 Å². The van der Waals surface area contributed by atoms with Crippen LogP contribution in [0.25, 0.3) is 0 Å². The maximum Gasteiger partial charge on any atom is 0.226 e. The fourth-order valence-electron chi connectivity index (χ4n) is 2.49. The van der Waals surface area contributed by atoms with Crippen molar-refractivity contribution in [1.82, 2.24) is 10.2 Å². The average molecular weight is 262 g/mol. The molecule has 1 saturated heterocycles. The first-order chi connectivity index (χ1) is 9.20. The summed E-state index contributed by atoms with van der Waals surface area (Å²) in [5, 5.41) is 3.41. The van der Waals surface area contributed by atoms with Gasteiger partial charge in [0.05, 0.1) is 13.5 Å². The Bertz CT molecular complexity index is 428. The van der Waals surface area contributed by atoms with Crippen molar-refractivity contribution in [3.63, 3.8) is 0 Å². The molecule has 1 aromatic rings. The number of nitrogens with zero attached hydrogens (tertiary/aromatic N) is 1. The van der Waals surface area contributed by atoms with Crippen LogP contribution in [0.15, 0.2) is 24.3 Å². The molecule has 1 aliphatic heterocycles. The lowest BCUT2D eigenvalue weighted by Crippen LogP contribution is -2.39. The largest absolute Gasteiger partial charge is 0.496 e. The third-order valence-corrected chi connectivity index (χ3v) is 3.62. The summed E-state index contributed by atoms with van der Waals surface area (Å²) in [6.07, 6.45) is 2.76. The van der Waals surface area contributed by atoms with E-state index >= 15 is 0 Å². The molecule has 1 atom stereocenters. The average Bonchev–Trinajstić information content (AvgIpc) is 2.92. The monoisotopic (exact) mass is 262 g/mol. The number of methoxy groups -OCH3 is 1. The highest BCUT2D eigenvalue weighted by Crippen LogP contribution is 2.18. The molecule has 0 aromatic heterocycles. The van der Waals surface area contributed by atoms with Gasteiger partial charge in [-0.3, -0.25) is 4.79 Å². The molecule has 1 aromatic carbocycles. The van der Waals surface area contributed by atoms with Crippen LogP contribution in [0.5, 0.6) is 5.75 Å². The Kier molecular flexibility index (Phi) is 4.80. The summed E-state index contributed by atoms with van der Waals surface area (Å²) in [5.74, 6) is 0.918. The van der Waals surface area contributed by atoms with Gasteiger partial charge in [0.25, 0.3) is 0 Å². The molecular formula is C15H22N2O2. The van der Waals surface area contributed by atoms with Gasteiger partial charge in [0.2, 0.25) is 5.91 Å². The quantitative estimate of drug-likeness (QED) is 0.873. The third kappa shape index (κ3) is 3.70. The van der Waals surface area contributed by atoms with Gasteiger partial charge in [-0.1, -0.05) is 18.2 Å². The zero-order valence-electron chi connectivity index (χ0n) is 11.7. The topological polar surface area (TPSA) is 41.6 Å². The number of ether oxygens (including phenoxy) is 1. The van der Waals surface area contributed by atoms with Crippen molar-refractivity contribution < 1.29 is 9.53 Å². The molecule has 4 heteroatoms. The lowest BCUT2D eigenvalue weighted by Gasteiger charge is -2.21. The third-order valence-electron chi connectivity index (χ3n) is 3.62. The first-order valence-electron chi connectivity index (χ1n) is 6.80. The summed E-state index contributed by atoms with van der Waals surface area (Å²) in [7, 11) is 3.51. The Morgan fingerprint density at radius 3 is 2.95 bits per heavy atom. The lowest BCUT2D eigenvalue weighted by atomic mass is 10.1. The molecule has 1 unspecified atom stereocenters. The number of likely N-dealkylation sites (N-methyl/N-ethyl adjacent to an activating group) is 1. The van der Waals surface area contributed by atoms with Crippen LogP contribution in [-0.4, -0.2) is 44.1 Å². The first-order valence-corrected chi connectivity index (χ1v) is 6.80. The minimum atomic E-state index is 0.137. The van der Waals surface area contributed by atoms with Crippen molar-refractivity contribution in [2.75, 3.05) is 27.2 Å². The van der Waals surface area contributed by atoms with Crippen LogP contribution in [0.3, 0.4) is 0 Å². The molecule has 0 radical (unpaired) electrons. The fraction of sp³-hybridized carbons (Fsp3) is 0.533. The van der Waals surface area contributed by atoms with Gasteiger partial charge in [-0.15, -0.1) is 0 Å². The molecule has 1 heterocycles. The predicted octanol–water partition coefficient (Wildman–Crippen LogP) is 1.45. The normalized spacial score (nSPS) is 18.3. The van der Waals surface area contributed by atoms with Crippen molar-refractivity contribution in [2.45, 2.75) is 25.3 Å². The van der Waals surface area contributed by atoms with Gasteiger partial charge in [-0.2, -0.15) is 0 Å². The molecule has 0 aliphatic carbocycles. The van der Waals surface area contributed by atoms with E-state index in [-0.39, 0.29) is 5.91 Å². The van der Waals surface area contributed by atoms with E-state index in [9.17, 15) is 4.79 Å². The highest BCUT2D eigenvalue weighted by molar-refractivity contribution is 5.79. The first kappa shape index (κ1) is 13.9. The van der Waals surface area contributed by atoms with Crippen molar-refractivity contribution in [1.29, 1.82) is 0 Å². The molecule has 0 saturated carbocycles. The van der Waals surface area contributed by atoms with E-state index in [1.165, 1.54) is 6.42 Å². The van der Waals surface area contributed by atoms with Gasteiger partial charge in [-0.25, -0.2) is 0 Å². The van der Waals surface area contributed by atoms with Gasteiger partial charge >= 0.3 is 0 Å². The van der Waals surface area contributed by atoms with E-state index in [0.717, 1.165) is 30.8 Å². The number of amides is 1. The minimum Gasteiger partial charge on any atom is -0.496 e. The van der Waals surface area contributed by atoms with E-state index in [2.05, 4.69) is 5.32 Å². The summed E-state index contributed by atoms with van der Waals surface area (Å²) in [6.45, 7) is 1.85. The predicted molar refractivity (Wildman–Crippen MR) is 75.4 cm³/mol. The lowest BCUT2D eigenvalue weighted by molar-refractivity contribution is -0.129. The van der Waals surface area contributed by atoms with Gasteiger partial charge in [0.15, 0.2) is 0 Å². The second kappa shape index (κ2) is 6.57. The Labute approximate surface area is 114 Å². The molecule has 0 bridgehead atoms. The molecule has 2 rings (SSSR count). The van der Waals surface area contributed by atoms with E-state index in [0.29, 0.717) is 12.5 Å². The molecule has 19 heavy (non-hydrogen) atoms. The second-order valence-electron chi connectivity index (χ2n) is 5.06. The SMILES string of the molecule is COc1ccccc1CC(=O)N(C)CC1CCCN1. The van der Waals surface area contributed by atoms with E-state index in [1.54, 1.807) is 7.11 Å². The molecule has 1 amide bonds. The van der Waals surface area contributed by atoms with Crippen LogP contribution in [0.1, 0.15) is 18.4 Å². The summed E-state index contributed by atoms with van der Waals surface area (Å²) < 4.78 is 5.28. The molecular weight excluding hydrogens is 240 g/mol. The van der Waals surface area contributed by atoms with Crippen LogP contribution >= 0.6 is 0 Å². The van der Waals surface area contributed by atoms with Crippen LogP contribution in [0.2, 0.25) is 0 Å². The Morgan fingerprint density at radius 1 is 1.47 bits per heavy atom. The second-order valence-corrected chi connectivity index (χ2v) is 5.06. The molecule has 4 nitrogen and oxygen atoms in total. The molecule has 1 fully saturated rings. The molecule has 1 aliphatic rings. The minimum absolute atomic E-state index is 0.137. The van der Waals surface area contributed by atoms with Crippen LogP contribution in [-0.2, 0) is 11.2 Å². The maximum atomic E-state index is 12.2. The number of nitrogens with one attached hydrogen (secondary N) is 1. The zero-order chi connectivity index (χ0) is 13.7. The molecule has 0 spiro atoms. The van der Waals surface area contributed by atoms with Gasteiger partial charge in [0.1, 0.15) is 5.75 Å². The van der Waals surface area contributed by atoms with Gasteiger partial charge < -0.3 is 15.0 Å². The summed E-state index contributed by atoms with van der Waals surface area (Å²) in [5.41, 5.74) is 0.946. The van der Waals surface area contributed by atoms with Gasteiger partial charge in [0, 0.05) is 25.2 Å². The Hall–Kier alpha value is -1.55. The highest BCUT2D eigenvalue weighted by atomic mass is 16.5. The van der Waals surface area contributed by atoms with Crippen LogP contribution in [0, 0.1) is 0 Å².